The highest BCUT2D eigenvalue weighted by atomic mass is 79.9. The molecule has 2 heterocycles. The number of hydrogen-bond donors (Lipinski definition) is 1. The minimum atomic E-state index is -4.30. The van der Waals surface area contributed by atoms with E-state index in [1.807, 2.05) is 0 Å². The van der Waals surface area contributed by atoms with Crippen LogP contribution in [-0.2, 0) is 12.7 Å². The van der Waals surface area contributed by atoms with Crippen LogP contribution in [0.3, 0.4) is 0 Å². The first kappa shape index (κ1) is 18.0. The Labute approximate surface area is 143 Å². The summed E-state index contributed by atoms with van der Waals surface area (Å²) in [6.45, 7) is 2.23. The summed E-state index contributed by atoms with van der Waals surface area (Å²) >= 11 is 3.14. The van der Waals surface area contributed by atoms with Crippen molar-refractivity contribution in [3.8, 4) is 0 Å². The van der Waals surface area contributed by atoms with Crippen LogP contribution in [0.1, 0.15) is 30.4 Å². The molecule has 2 fully saturated rings. The van der Waals surface area contributed by atoms with Crippen molar-refractivity contribution in [2.45, 2.75) is 44.1 Å². The van der Waals surface area contributed by atoms with Gasteiger partial charge in [0.25, 0.3) is 0 Å². The number of rotatable bonds is 2. The van der Waals surface area contributed by atoms with Gasteiger partial charge in [-0.2, -0.15) is 13.2 Å². The lowest BCUT2D eigenvalue weighted by molar-refractivity contribution is -0.138. The molecular weight excluding hydrogens is 381 g/mol. The van der Waals surface area contributed by atoms with E-state index in [-0.39, 0.29) is 12.4 Å². The van der Waals surface area contributed by atoms with E-state index >= 15 is 0 Å². The third-order valence-electron chi connectivity index (χ3n) is 4.54. The van der Waals surface area contributed by atoms with Gasteiger partial charge in [-0.25, -0.2) is 0 Å². The maximum atomic E-state index is 13.2. The predicted molar refractivity (Wildman–Crippen MR) is 86.2 cm³/mol. The number of hydrogen-bond acceptors (Lipinski definition) is 2. The molecule has 0 saturated carbocycles. The average molecular weight is 400 g/mol. The topological polar surface area (TPSA) is 15.3 Å². The number of fused-ring (bicyclic) bond motifs is 2. The number of halogens is 5. The summed E-state index contributed by atoms with van der Waals surface area (Å²) in [4.78, 5) is 2.26. The van der Waals surface area contributed by atoms with Gasteiger partial charge in [0.1, 0.15) is 0 Å². The first-order valence-corrected chi connectivity index (χ1v) is 8.06. The van der Waals surface area contributed by atoms with E-state index in [1.165, 1.54) is 6.07 Å². The van der Waals surface area contributed by atoms with E-state index in [1.54, 1.807) is 12.1 Å². The van der Waals surface area contributed by atoms with Gasteiger partial charge in [0.05, 0.1) is 5.56 Å². The summed E-state index contributed by atoms with van der Waals surface area (Å²) in [5, 5.41) is 3.38. The number of alkyl halides is 3. The summed E-state index contributed by atoms with van der Waals surface area (Å²) in [7, 11) is 0. The Bertz CT molecular complexity index is 510. The maximum Gasteiger partial charge on any atom is 0.416 e. The molecule has 2 bridgehead atoms. The third-order valence-corrected chi connectivity index (χ3v) is 5.03. The van der Waals surface area contributed by atoms with Gasteiger partial charge < -0.3 is 5.32 Å². The molecule has 2 atom stereocenters. The zero-order chi connectivity index (χ0) is 15.0. The second kappa shape index (κ2) is 7.07. The molecule has 22 heavy (non-hydrogen) atoms. The minimum Gasteiger partial charge on any atom is -0.315 e. The van der Waals surface area contributed by atoms with Crippen molar-refractivity contribution in [1.82, 2.24) is 10.2 Å². The van der Waals surface area contributed by atoms with Gasteiger partial charge in [-0.3, -0.25) is 4.90 Å². The second-order valence-electron chi connectivity index (χ2n) is 5.85. The molecule has 1 aromatic rings. The molecule has 1 N–H and O–H groups in total. The van der Waals surface area contributed by atoms with Crippen LogP contribution < -0.4 is 5.32 Å². The summed E-state index contributed by atoms with van der Waals surface area (Å²) in [6.07, 6.45) is -1.10. The highest BCUT2D eigenvalue weighted by Gasteiger charge is 2.38. The van der Waals surface area contributed by atoms with E-state index < -0.39 is 11.7 Å². The van der Waals surface area contributed by atoms with Crippen molar-refractivity contribution in [3.05, 3.63) is 33.8 Å². The summed E-state index contributed by atoms with van der Waals surface area (Å²) in [5.41, 5.74) is -0.141. The van der Waals surface area contributed by atoms with Gasteiger partial charge in [0.2, 0.25) is 0 Å². The summed E-state index contributed by atoms with van der Waals surface area (Å²) < 4.78 is 40.1. The fourth-order valence-corrected chi connectivity index (χ4v) is 3.85. The Hall–Kier alpha value is -0.300. The van der Waals surface area contributed by atoms with E-state index in [2.05, 4.69) is 26.1 Å². The van der Waals surface area contributed by atoms with Crippen LogP contribution in [0.15, 0.2) is 22.7 Å². The van der Waals surface area contributed by atoms with E-state index in [9.17, 15) is 13.2 Å². The van der Waals surface area contributed by atoms with Crippen molar-refractivity contribution in [3.63, 3.8) is 0 Å². The first-order valence-electron chi connectivity index (χ1n) is 7.27. The van der Waals surface area contributed by atoms with Crippen molar-refractivity contribution >= 4 is 28.3 Å². The zero-order valence-electron chi connectivity index (χ0n) is 12.0. The van der Waals surface area contributed by atoms with Crippen LogP contribution in [0.2, 0.25) is 0 Å². The Morgan fingerprint density at radius 1 is 1.18 bits per heavy atom. The smallest absolute Gasteiger partial charge is 0.315 e. The van der Waals surface area contributed by atoms with Gasteiger partial charge in [0, 0.05) is 29.6 Å². The lowest BCUT2D eigenvalue weighted by Gasteiger charge is -2.28. The quantitative estimate of drug-likeness (QED) is 0.801. The van der Waals surface area contributed by atoms with Crippen LogP contribution in [0.25, 0.3) is 0 Å². The van der Waals surface area contributed by atoms with E-state index in [4.69, 9.17) is 0 Å². The Morgan fingerprint density at radius 2 is 1.91 bits per heavy atom. The molecule has 0 spiro atoms. The summed E-state index contributed by atoms with van der Waals surface area (Å²) in [5.74, 6) is 0. The Balaban J connectivity index is 0.00000176. The lowest BCUT2D eigenvalue weighted by atomic mass is 10.1. The second-order valence-corrected chi connectivity index (χ2v) is 6.77. The molecule has 2 unspecified atom stereocenters. The molecule has 1 aromatic carbocycles. The van der Waals surface area contributed by atoms with Crippen molar-refractivity contribution in [2.75, 3.05) is 13.1 Å². The molecule has 2 aliphatic rings. The molecule has 124 valence electrons. The fourth-order valence-electron chi connectivity index (χ4n) is 3.49. The number of nitrogens with zero attached hydrogens (tertiary/aromatic N) is 1. The molecule has 0 aliphatic carbocycles. The summed E-state index contributed by atoms with van der Waals surface area (Å²) in [6, 6.07) is 5.26. The molecule has 0 amide bonds. The van der Waals surface area contributed by atoms with Gasteiger partial charge >= 0.3 is 6.18 Å². The first-order chi connectivity index (χ1) is 9.95. The monoisotopic (exact) mass is 398 g/mol. The van der Waals surface area contributed by atoms with Crippen molar-refractivity contribution < 1.29 is 13.2 Å². The number of nitrogens with one attached hydrogen (secondary N) is 1. The molecular formula is C15H19BrClF3N2. The molecule has 2 nitrogen and oxygen atoms in total. The van der Waals surface area contributed by atoms with Gasteiger partial charge in [0.15, 0.2) is 0 Å². The lowest BCUT2D eigenvalue weighted by Crippen LogP contribution is -2.37. The highest BCUT2D eigenvalue weighted by molar-refractivity contribution is 9.10. The molecule has 3 rings (SSSR count). The van der Waals surface area contributed by atoms with Crippen LogP contribution in [0, 0.1) is 0 Å². The van der Waals surface area contributed by atoms with Gasteiger partial charge in [-0.1, -0.05) is 22.0 Å². The molecule has 7 heteroatoms. The SMILES string of the molecule is Cl.FC(F)(F)c1cc(Br)ccc1CN1C2CCNCC1CC2. The predicted octanol–water partition coefficient (Wildman–Crippen LogP) is 4.22. The Morgan fingerprint density at radius 3 is 2.64 bits per heavy atom. The van der Waals surface area contributed by atoms with Gasteiger partial charge in [-0.05, 0) is 43.5 Å². The van der Waals surface area contributed by atoms with Crippen LogP contribution in [0.5, 0.6) is 0 Å². The number of benzene rings is 1. The highest BCUT2D eigenvalue weighted by Crippen LogP contribution is 2.36. The van der Waals surface area contributed by atoms with Crippen molar-refractivity contribution in [2.24, 2.45) is 0 Å². The molecule has 0 radical (unpaired) electrons. The molecule has 0 aromatic heterocycles. The van der Waals surface area contributed by atoms with Crippen LogP contribution in [0.4, 0.5) is 13.2 Å². The van der Waals surface area contributed by atoms with E-state index in [0.717, 1.165) is 32.4 Å². The van der Waals surface area contributed by atoms with Gasteiger partial charge in [-0.15, -0.1) is 12.4 Å². The third kappa shape index (κ3) is 3.78. The standard InChI is InChI=1S/C15H18BrF3N2.ClH/c16-11-2-1-10(14(7-11)15(17,18)19)9-21-12-3-4-13(21)8-20-6-5-12;/h1-2,7,12-13,20H,3-6,8-9H2;1H. The fraction of sp³-hybridized carbons (Fsp3) is 0.600. The van der Waals surface area contributed by atoms with Crippen LogP contribution >= 0.6 is 28.3 Å². The van der Waals surface area contributed by atoms with Crippen molar-refractivity contribution in [1.29, 1.82) is 0 Å². The largest absolute Gasteiger partial charge is 0.416 e. The Kier molecular flexibility index (Phi) is 5.80. The molecule has 2 saturated heterocycles. The van der Waals surface area contributed by atoms with Crippen LogP contribution in [-0.4, -0.2) is 30.1 Å². The minimum absolute atomic E-state index is 0. The maximum absolute atomic E-state index is 13.2. The average Bonchev–Trinajstić information content (AvgIpc) is 2.64. The molecule has 2 aliphatic heterocycles. The zero-order valence-corrected chi connectivity index (χ0v) is 14.4. The van der Waals surface area contributed by atoms with E-state index in [0.29, 0.717) is 28.7 Å². The normalized spacial score (nSPS) is 25.6.